The first kappa shape index (κ1) is 18.3. The van der Waals surface area contributed by atoms with Gasteiger partial charge < -0.3 is 0 Å². The maximum Gasteiger partial charge on any atom is 0.0405 e. The molecule has 2 unspecified atom stereocenters. The third-order valence-corrected chi connectivity index (χ3v) is 11.2. The summed E-state index contributed by atoms with van der Waals surface area (Å²) in [6.45, 7) is 2.49. The molecule has 150 valence electrons. The Morgan fingerprint density at radius 1 is 0.667 bits per heavy atom. The van der Waals surface area contributed by atoms with E-state index in [1.807, 2.05) is 0 Å². The van der Waals surface area contributed by atoms with Crippen molar-refractivity contribution in [2.45, 2.75) is 23.8 Å². The summed E-state index contributed by atoms with van der Waals surface area (Å²) < 4.78 is 0. The average Bonchev–Trinajstić information content (AvgIpc) is 3.29. The second-order valence-corrected chi connectivity index (χ2v) is 13.5. The number of benzene rings is 4. The normalized spacial score (nSPS) is 20.8. The van der Waals surface area contributed by atoms with E-state index in [1.54, 1.807) is 22.3 Å². The van der Waals surface area contributed by atoms with Crippen molar-refractivity contribution < 1.29 is 0 Å². The largest absolute Gasteiger partial charge is 0.229 e. The number of hydrogen-bond donors (Lipinski definition) is 0. The van der Waals surface area contributed by atoms with Crippen molar-refractivity contribution in [2.75, 3.05) is 12.5 Å². The van der Waals surface area contributed by atoms with Gasteiger partial charge in [0.05, 0.1) is 0 Å². The molecule has 0 amide bonds. The molecule has 0 nitrogen and oxygen atoms in total. The molecular weight excluding hydrogens is 380 g/mol. The summed E-state index contributed by atoms with van der Waals surface area (Å²) >= 11 is 0. The van der Waals surface area contributed by atoms with Crippen LogP contribution >= 0.6 is 10.0 Å². The first-order valence-electron chi connectivity index (χ1n) is 11.0. The molecule has 0 spiro atoms. The fourth-order valence-electron chi connectivity index (χ4n) is 6.42. The van der Waals surface area contributed by atoms with E-state index in [4.69, 9.17) is 0 Å². The monoisotopic (exact) mass is 408 g/mol. The van der Waals surface area contributed by atoms with Crippen LogP contribution in [0.4, 0.5) is 0 Å². The van der Waals surface area contributed by atoms with Crippen LogP contribution < -0.4 is 0 Å². The van der Waals surface area contributed by atoms with E-state index < -0.39 is 10.0 Å². The van der Waals surface area contributed by atoms with Gasteiger partial charge in [0.2, 0.25) is 0 Å². The van der Waals surface area contributed by atoms with E-state index in [0.717, 1.165) is 0 Å². The third-order valence-electron chi connectivity index (χ3n) is 7.46. The highest BCUT2D eigenvalue weighted by Gasteiger charge is 2.45. The van der Waals surface area contributed by atoms with Crippen LogP contribution in [0, 0.1) is 5.92 Å². The van der Waals surface area contributed by atoms with Crippen molar-refractivity contribution in [1.82, 2.24) is 0 Å². The molecule has 0 radical (unpaired) electrons. The topological polar surface area (TPSA) is 0 Å². The molecule has 0 N–H and O–H groups in total. The molecule has 0 saturated heterocycles. The molecule has 0 aromatic heterocycles. The van der Waals surface area contributed by atoms with Crippen molar-refractivity contribution in [1.29, 1.82) is 0 Å². The molecule has 0 heterocycles. The smallest absolute Gasteiger partial charge is 0.0405 e. The number of rotatable bonds is 2. The predicted octanol–water partition coefficient (Wildman–Crippen LogP) is 7.91. The Balaban J connectivity index is 1.55. The lowest BCUT2D eigenvalue weighted by molar-refractivity contribution is 0.609. The summed E-state index contributed by atoms with van der Waals surface area (Å²) in [4.78, 5) is 0. The minimum absolute atomic E-state index is 0.509. The van der Waals surface area contributed by atoms with E-state index in [2.05, 4.69) is 104 Å². The van der Waals surface area contributed by atoms with Gasteiger partial charge in [-0.05, 0) is 69.0 Å². The summed E-state index contributed by atoms with van der Waals surface area (Å²) in [5.41, 5.74) is 9.19. The predicted molar refractivity (Wildman–Crippen MR) is 133 cm³/mol. The van der Waals surface area contributed by atoms with E-state index in [9.17, 15) is 0 Å². The Labute approximate surface area is 181 Å². The van der Waals surface area contributed by atoms with Gasteiger partial charge in [0.15, 0.2) is 0 Å². The fraction of sp³-hybridized carbons (Fsp3) is 0.241. The zero-order chi connectivity index (χ0) is 20.5. The maximum atomic E-state index is 2.60. The summed E-state index contributed by atoms with van der Waals surface area (Å²) in [7, 11) is -0.996. The molecule has 2 aliphatic carbocycles. The molecule has 2 atom stereocenters. The molecule has 0 saturated carbocycles. The Morgan fingerprint density at radius 3 is 1.97 bits per heavy atom. The van der Waals surface area contributed by atoms with Gasteiger partial charge in [0.1, 0.15) is 0 Å². The van der Waals surface area contributed by atoms with Crippen molar-refractivity contribution >= 4 is 20.8 Å². The molecule has 0 fully saturated rings. The van der Waals surface area contributed by atoms with E-state index in [-0.39, 0.29) is 0 Å². The Hall–Kier alpha value is -2.51. The number of hydrogen-bond acceptors (Lipinski definition) is 0. The summed E-state index contributed by atoms with van der Waals surface area (Å²) in [5.74, 6) is 0.677. The maximum absolute atomic E-state index is 2.60. The first-order valence-corrected chi connectivity index (χ1v) is 13.5. The van der Waals surface area contributed by atoms with E-state index in [1.165, 1.54) is 28.3 Å². The van der Waals surface area contributed by atoms with Crippen molar-refractivity contribution in [3.05, 3.63) is 107 Å². The standard InChI is InChI=1S/C29H28S/c1-19-18-27-21-11-5-4-10-20(21)16-17-26(27)28(19)30(2,3)29-24-14-8-6-12-22(24)23-13-7-9-15-25(23)29/h4-17,19,28-29H,18H2,1-3H3. The zero-order valence-corrected chi connectivity index (χ0v) is 18.7. The van der Waals surface area contributed by atoms with Crippen LogP contribution in [0.2, 0.25) is 0 Å². The highest BCUT2D eigenvalue weighted by molar-refractivity contribution is 8.33. The molecule has 4 aromatic carbocycles. The lowest BCUT2D eigenvalue weighted by Gasteiger charge is -2.46. The van der Waals surface area contributed by atoms with Crippen LogP contribution in [0.25, 0.3) is 21.9 Å². The molecule has 1 heteroatoms. The van der Waals surface area contributed by atoms with Gasteiger partial charge in [-0.1, -0.05) is 91.9 Å². The Morgan fingerprint density at radius 2 is 1.27 bits per heavy atom. The zero-order valence-electron chi connectivity index (χ0n) is 17.9. The third kappa shape index (κ3) is 2.42. The molecule has 30 heavy (non-hydrogen) atoms. The lowest BCUT2D eigenvalue weighted by Crippen LogP contribution is -2.19. The Kier molecular flexibility index (Phi) is 3.95. The lowest BCUT2D eigenvalue weighted by atomic mass is 10.0. The van der Waals surface area contributed by atoms with Gasteiger partial charge in [0.25, 0.3) is 0 Å². The SMILES string of the molecule is CC1Cc2c(ccc3ccccc23)C1S(C)(C)C1c2ccccc2-c2ccccc21. The van der Waals surface area contributed by atoms with Gasteiger partial charge >= 0.3 is 0 Å². The summed E-state index contributed by atoms with van der Waals surface area (Å²) in [5, 5.41) is 3.98. The quantitative estimate of drug-likeness (QED) is 0.316. The second kappa shape index (κ2) is 6.49. The van der Waals surface area contributed by atoms with Crippen LogP contribution in [0.3, 0.4) is 0 Å². The van der Waals surface area contributed by atoms with Crippen molar-refractivity contribution in [3.63, 3.8) is 0 Å². The van der Waals surface area contributed by atoms with Gasteiger partial charge in [-0.3, -0.25) is 0 Å². The van der Waals surface area contributed by atoms with Crippen LogP contribution in [-0.4, -0.2) is 12.5 Å². The minimum Gasteiger partial charge on any atom is -0.229 e. The fourth-order valence-corrected chi connectivity index (χ4v) is 10.6. The van der Waals surface area contributed by atoms with E-state index >= 15 is 0 Å². The molecule has 4 aromatic rings. The van der Waals surface area contributed by atoms with E-state index in [0.29, 0.717) is 16.4 Å². The van der Waals surface area contributed by atoms with Crippen molar-refractivity contribution in [2.24, 2.45) is 5.92 Å². The summed E-state index contributed by atoms with van der Waals surface area (Å²) in [6, 6.07) is 32.0. The van der Waals surface area contributed by atoms with Crippen molar-refractivity contribution in [3.8, 4) is 11.1 Å². The molecule has 0 aliphatic heterocycles. The minimum atomic E-state index is -0.996. The highest BCUT2D eigenvalue weighted by Crippen LogP contribution is 2.73. The van der Waals surface area contributed by atoms with Crippen LogP contribution in [0.5, 0.6) is 0 Å². The highest BCUT2D eigenvalue weighted by atomic mass is 32.3. The first-order chi connectivity index (χ1) is 14.6. The number of fused-ring (bicyclic) bond motifs is 6. The van der Waals surface area contributed by atoms with Gasteiger partial charge in [-0.2, -0.15) is 0 Å². The molecular formula is C29H28S. The average molecular weight is 409 g/mol. The Bertz CT molecular complexity index is 1240. The van der Waals surface area contributed by atoms with Gasteiger partial charge in [-0.25, -0.2) is 10.0 Å². The van der Waals surface area contributed by atoms with Crippen LogP contribution in [-0.2, 0) is 6.42 Å². The van der Waals surface area contributed by atoms with Crippen LogP contribution in [0.15, 0.2) is 84.9 Å². The molecule has 6 rings (SSSR count). The van der Waals surface area contributed by atoms with Gasteiger partial charge in [0, 0.05) is 10.5 Å². The summed E-state index contributed by atoms with van der Waals surface area (Å²) in [6.07, 6.45) is 6.40. The second-order valence-electron chi connectivity index (χ2n) is 9.50. The van der Waals surface area contributed by atoms with Crippen LogP contribution in [0.1, 0.15) is 39.7 Å². The molecule has 2 aliphatic rings. The molecule has 0 bridgehead atoms. The van der Waals surface area contributed by atoms with Gasteiger partial charge in [-0.15, -0.1) is 0 Å².